The van der Waals surface area contributed by atoms with E-state index in [0.29, 0.717) is 0 Å². The number of unbranched alkanes of at least 4 members (excludes halogenated alkanes) is 11. The summed E-state index contributed by atoms with van der Waals surface area (Å²) >= 11 is 1.33. The molecule has 0 N–H and O–H groups in total. The Labute approximate surface area is 154 Å². The highest BCUT2D eigenvalue weighted by atomic mass is 32.2. The lowest BCUT2D eigenvalue weighted by Crippen LogP contribution is -2.30. The van der Waals surface area contributed by atoms with E-state index in [1.807, 2.05) is 6.26 Å². The average Bonchev–Trinajstić information content (AvgIpc) is 3.21. The molecule has 1 fully saturated rings. The van der Waals surface area contributed by atoms with E-state index in [9.17, 15) is 4.79 Å². The predicted molar refractivity (Wildman–Crippen MR) is 107 cm³/mol. The molecule has 0 aromatic heterocycles. The van der Waals surface area contributed by atoms with Gasteiger partial charge in [-0.05, 0) is 32.4 Å². The van der Waals surface area contributed by atoms with Crippen molar-refractivity contribution in [2.24, 2.45) is 0 Å². The molecule has 2 unspecified atom stereocenters. The first kappa shape index (κ1) is 22.0. The van der Waals surface area contributed by atoms with Crippen molar-refractivity contribution in [2.45, 2.75) is 122 Å². The van der Waals surface area contributed by atoms with Crippen molar-refractivity contribution in [2.75, 3.05) is 6.26 Å². The molecule has 0 amide bonds. The minimum Gasteiger partial charge on any atom is -0.354 e. The number of ether oxygens (including phenoxy) is 1. The third kappa shape index (κ3) is 6.37. The van der Waals surface area contributed by atoms with Crippen LogP contribution in [0.3, 0.4) is 0 Å². The molecule has 1 aliphatic rings. The zero-order valence-corrected chi connectivity index (χ0v) is 17.4. The number of carbonyl (C=O) groups is 1. The summed E-state index contributed by atoms with van der Waals surface area (Å²) in [4.78, 5) is 12.2. The standard InChI is InChI=1S/C21H40O2S/c1-5-7-8-9-10-11-12-13-14-15-16-17-18-21(19(22)24-4)20(3,6-2)23-21/h5-18H2,1-4H3. The van der Waals surface area contributed by atoms with E-state index in [2.05, 4.69) is 20.8 Å². The average molecular weight is 357 g/mol. The fourth-order valence-corrected chi connectivity index (χ4v) is 4.46. The zero-order chi connectivity index (χ0) is 17.9. The predicted octanol–water partition coefficient (Wildman–Crippen LogP) is 6.90. The summed E-state index contributed by atoms with van der Waals surface area (Å²) in [5.74, 6) is 0. The number of thioether (sulfide) groups is 1. The van der Waals surface area contributed by atoms with Gasteiger partial charge < -0.3 is 4.74 Å². The van der Waals surface area contributed by atoms with Gasteiger partial charge >= 0.3 is 0 Å². The van der Waals surface area contributed by atoms with Crippen molar-refractivity contribution in [3.05, 3.63) is 0 Å². The second-order valence-electron chi connectivity index (χ2n) is 7.64. The molecule has 2 atom stereocenters. The Bertz CT molecular complexity index is 358. The van der Waals surface area contributed by atoms with Crippen molar-refractivity contribution in [1.29, 1.82) is 0 Å². The van der Waals surface area contributed by atoms with Crippen molar-refractivity contribution in [3.63, 3.8) is 0 Å². The molecule has 1 rings (SSSR count). The van der Waals surface area contributed by atoms with Crippen LogP contribution in [0, 0.1) is 0 Å². The minimum atomic E-state index is -0.473. The molecule has 24 heavy (non-hydrogen) atoms. The van der Waals surface area contributed by atoms with E-state index in [1.165, 1.54) is 82.4 Å². The van der Waals surface area contributed by atoms with Crippen LogP contribution in [-0.2, 0) is 9.53 Å². The molecule has 0 aromatic carbocycles. The van der Waals surface area contributed by atoms with Gasteiger partial charge in [-0.1, -0.05) is 96.2 Å². The van der Waals surface area contributed by atoms with Gasteiger partial charge in [-0.3, -0.25) is 4.79 Å². The van der Waals surface area contributed by atoms with Crippen molar-refractivity contribution in [1.82, 2.24) is 0 Å². The van der Waals surface area contributed by atoms with Crippen LogP contribution >= 0.6 is 11.8 Å². The van der Waals surface area contributed by atoms with Crippen molar-refractivity contribution >= 4 is 16.9 Å². The monoisotopic (exact) mass is 356 g/mol. The Morgan fingerprint density at radius 2 is 1.29 bits per heavy atom. The highest BCUT2D eigenvalue weighted by Crippen LogP contribution is 2.55. The van der Waals surface area contributed by atoms with Crippen LogP contribution in [0.25, 0.3) is 0 Å². The Morgan fingerprint density at radius 3 is 1.67 bits per heavy atom. The van der Waals surface area contributed by atoms with Crippen LogP contribution in [-0.4, -0.2) is 22.6 Å². The number of hydrogen-bond donors (Lipinski definition) is 0. The van der Waals surface area contributed by atoms with E-state index >= 15 is 0 Å². The molecule has 0 bridgehead atoms. The van der Waals surface area contributed by atoms with Gasteiger partial charge in [0.15, 0.2) is 5.60 Å². The molecule has 0 spiro atoms. The first-order valence-electron chi connectivity index (χ1n) is 10.3. The fraction of sp³-hybridized carbons (Fsp3) is 0.952. The summed E-state index contributed by atoms with van der Waals surface area (Å²) in [6.07, 6.45) is 20.0. The van der Waals surface area contributed by atoms with Crippen LogP contribution in [0.15, 0.2) is 0 Å². The van der Waals surface area contributed by atoms with E-state index in [-0.39, 0.29) is 10.7 Å². The van der Waals surface area contributed by atoms with E-state index in [1.54, 1.807) is 0 Å². The molecule has 1 aliphatic heterocycles. The number of hydrogen-bond acceptors (Lipinski definition) is 3. The Balaban J connectivity index is 2.01. The summed E-state index contributed by atoms with van der Waals surface area (Å²) in [5, 5.41) is 0.231. The third-order valence-electron chi connectivity index (χ3n) is 5.78. The maximum atomic E-state index is 12.2. The van der Waals surface area contributed by atoms with Gasteiger partial charge in [-0.25, -0.2) is 0 Å². The van der Waals surface area contributed by atoms with Gasteiger partial charge in [0, 0.05) is 0 Å². The first-order valence-corrected chi connectivity index (χ1v) is 11.6. The topological polar surface area (TPSA) is 29.6 Å². The van der Waals surface area contributed by atoms with Gasteiger partial charge in [0.25, 0.3) is 0 Å². The van der Waals surface area contributed by atoms with Crippen LogP contribution in [0.1, 0.15) is 111 Å². The third-order valence-corrected chi connectivity index (χ3v) is 6.48. The number of rotatable bonds is 15. The van der Waals surface area contributed by atoms with Gasteiger partial charge in [0.2, 0.25) is 5.12 Å². The highest BCUT2D eigenvalue weighted by Gasteiger charge is 2.69. The summed E-state index contributed by atoms with van der Waals surface area (Å²) in [6.45, 7) is 6.50. The first-order chi connectivity index (χ1) is 11.6. The lowest BCUT2D eigenvalue weighted by atomic mass is 9.88. The molecule has 1 heterocycles. The molecule has 0 aromatic rings. The van der Waals surface area contributed by atoms with E-state index < -0.39 is 5.60 Å². The van der Waals surface area contributed by atoms with Crippen LogP contribution in [0.5, 0.6) is 0 Å². The molecule has 0 aliphatic carbocycles. The summed E-state index contributed by atoms with van der Waals surface area (Å²) in [5.41, 5.74) is -0.676. The largest absolute Gasteiger partial charge is 0.354 e. The van der Waals surface area contributed by atoms with E-state index in [4.69, 9.17) is 4.74 Å². The Morgan fingerprint density at radius 1 is 0.833 bits per heavy atom. The lowest BCUT2D eigenvalue weighted by molar-refractivity contribution is -0.115. The maximum Gasteiger partial charge on any atom is 0.223 e. The van der Waals surface area contributed by atoms with Gasteiger partial charge in [-0.15, -0.1) is 0 Å². The Kier molecular flexibility index (Phi) is 10.6. The number of carbonyl (C=O) groups excluding carboxylic acids is 1. The maximum absolute atomic E-state index is 12.2. The molecule has 1 saturated heterocycles. The molecule has 3 heteroatoms. The van der Waals surface area contributed by atoms with Crippen molar-refractivity contribution < 1.29 is 9.53 Å². The van der Waals surface area contributed by atoms with Crippen LogP contribution in [0.4, 0.5) is 0 Å². The quantitative estimate of drug-likeness (QED) is 0.236. The Hall–Kier alpha value is -0.0200. The number of epoxide rings is 1. The summed E-state index contributed by atoms with van der Waals surface area (Å²) < 4.78 is 5.92. The second-order valence-corrected chi connectivity index (χ2v) is 8.42. The van der Waals surface area contributed by atoms with Crippen LogP contribution < -0.4 is 0 Å². The smallest absolute Gasteiger partial charge is 0.223 e. The van der Waals surface area contributed by atoms with Gasteiger partial charge in [0.05, 0.1) is 0 Å². The molecule has 0 saturated carbocycles. The van der Waals surface area contributed by atoms with Crippen molar-refractivity contribution in [3.8, 4) is 0 Å². The van der Waals surface area contributed by atoms with Crippen LogP contribution in [0.2, 0.25) is 0 Å². The zero-order valence-electron chi connectivity index (χ0n) is 16.6. The normalized spacial score (nSPS) is 25.8. The highest BCUT2D eigenvalue weighted by molar-refractivity contribution is 8.13. The summed E-state index contributed by atoms with van der Waals surface area (Å²) in [7, 11) is 0. The van der Waals surface area contributed by atoms with Gasteiger partial charge in [0.1, 0.15) is 5.60 Å². The molecular formula is C21H40O2S. The molecule has 142 valence electrons. The van der Waals surface area contributed by atoms with Gasteiger partial charge in [-0.2, -0.15) is 0 Å². The van der Waals surface area contributed by atoms with E-state index in [0.717, 1.165) is 19.3 Å². The minimum absolute atomic E-state index is 0.204. The molecule has 0 radical (unpaired) electrons. The fourth-order valence-electron chi connectivity index (χ4n) is 3.77. The second kappa shape index (κ2) is 11.6. The SMILES string of the molecule is CCCCCCCCCCCCCCC1(C(=O)SC)OC1(C)CC. The molecular weight excluding hydrogens is 316 g/mol. The molecule has 2 nitrogen and oxygen atoms in total. The summed E-state index contributed by atoms with van der Waals surface area (Å²) in [6, 6.07) is 0. The lowest BCUT2D eigenvalue weighted by Gasteiger charge is -2.13.